The zero-order valence-corrected chi connectivity index (χ0v) is 14.7. The summed E-state index contributed by atoms with van der Waals surface area (Å²) in [6, 6.07) is 0.271. The van der Waals surface area contributed by atoms with E-state index in [1.807, 2.05) is 0 Å². The summed E-state index contributed by atoms with van der Waals surface area (Å²) in [7, 11) is 1.76. The van der Waals surface area contributed by atoms with Crippen molar-refractivity contribution in [1.29, 1.82) is 0 Å². The van der Waals surface area contributed by atoms with Crippen LogP contribution < -0.4 is 0 Å². The van der Waals surface area contributed by atoms with Crippen molar-refractivity contribution in [3.63, 3.8) is 0 Å². The summed E-state index contributed by atoms with van der Waals surface area (Å²) in [5.41, 5.74) is -0.265. The molecule has 0 saturated carbocycles. The molecule has 0 aliphatic carbocycles. The van der Waals surface area contributed by atoms with Gasteiger partial charge in [-0.15, -0.1) is 0 Å². The first-order valence-corrected chi connectivity index (χ1v) is 7.77. The van der Waals surface area contributed by atoms with Crippen LogP contribution in [0.4, 0.5) is 0 Å². The molecular formula is C17H33NO2. The number of amides is 1. The number of methoxy groups -OCH3 is 1. The van der Waals surface area contributed by atoms with Crippen LogP contribution in [0.3, 0.4) is 0 Å². The molecule has 0 bridgehead atoms. The number of carbonyl (C=O) groups is 1. The van der Waals surface area contributed by atoms with E-state index in [-0.39, 0.29) is 22.5 Å². The molecule has 1 unspecified atom stereocenters. The lowest BCUT2D eigenvalue weighted by Gasteiger charge is -2.48. The smallest absolute Gasteiger partial charge is 0.223 e. The van der Waals surface area contributed by atoms with E-state index in [4.69, 9.17) is 4.74 Å². The molecule has 0 aromatic heterocycles. The Balaban J connectivity index is 2.92. The zero-order chi connectivity index (χ0) is 15.8. The number of carbonyl (C=O) groups excluding carboxylic acids is 1. The molecule has 1 saturated heterocycles. The lowest BCUT2D eigenvalue weighted by molar-refractivity contribution is -0.144. The summed E-state index contributed by atoms with van der Waals surface area (Å²) in [6.45, 7) is 16.0. The van der Waals surface area contributed by atoms with Gasteiger partial charge in [-0.3, -0.25) is 4.79 Å². The van der Waals surface area contributed by atoms with Gasteiger partial charge >= 0.3 is 0 Å². The van der Waals surface area contributed by atoms with Crippen molar-refractivity contribution in [2.24, 2.45) is 10.8 Å². The van der Waals surface area contributed by atoms with Gasteiger partial charge in [0.25, 0.3) is 0 Å². The van der Waals surface area contributed by atoms with E-state index in [1.54, 1.807) is 7.11 Å². The lowest BCUT2D eigenvalue weighted by Crippen LogP contribution is -2.55. The van der Waals surface area contributed by atoms with E-state index in [0.29, 0.717) is 12.3 Å². The number of nitrogens with zero attached hydrogens (tertiary/aromatic N) is 1. The second-order valence-electron chi connectivity index (χ2n) is 8.42. The second kappa shape index (κ2) is 5.67. The Morgan fingerprint density at radius 2 is 1.70 bits per heavy atom. The van der Waals surface area contributed by atoms with Crippen molar-refractivity contribution in [3.8, 4) is 0 Å². The maximum atomic E-state index is 12.6. The largest absolute Gasteiger partial charge is 0.378 e. The number of hydrogen-bond acceptors (Lipinski definition) is 2. The van der Waals surface area contributed by atoms with Gasteiger partial charge in [0, 0.05) is 31.5 Å². The molecule has 1 amide bonds. The van der Waals surface area contributed by atoms with Crippen LogP contribution in [0.25, 0.3) is 0 Å². The van der Waals surface area contributed by atoms with Crippen LogP contribution in [0.1, 0.15) is 67.7 Å². The Morgan fingerprint density at radius 1 is 1.15 bits per heavy atom. The van der Waals surface area contributed by atoms with Crippen molar-refractivity contribution < 1.29 is 9.53 Å². The van der Waals surface area contributed by atoms with Crippen molar-refractivity contribution in [3.05, 3.63) is 0 Å². The third kappa shape index (κ3) is 3.55. The molecule has 1 fully saturated rings. The summed E-state index contributed by atoms with van der Waals surface area (Å²) >= 11 is 0. The Morgan fingerprint density at radius 3 is 2.15 bits per heavy atom. The van der Waals surface area contributed by atoms with Crippen LogP contribution in [0.2, 0.25) is 0 Å². The zero-order valence-electron chi connectivity index (χ0n) is 14.7. The van der Waals surface area contributed by atoms with E-state index in [9.17, 15) is 4.79 Å². The van der Waals surface area contributed by atoms with Crippen LogP contribution in [0.5, 0.6) is 0 Å². The molecule has 0 radical (unpaired) electrons. The maximum Gasteiger partial charge on any atom is 0.223 e. The minimum atomic E-state index is -0.248. The van der Waals surface area contributed by atoms with Crippen LogP contribution in [0.15, 0.2) is 0 Å². The summed E-state index contributed by atoms with van der Waals surface area (Å²) in [5.74, 6) is 0.292. The van der Waals surface area contributed by atoms with Gasteiger partial charge in [0.05, 0.1) is 5.60 Å². The van der Waals surface area contributed by atoms with Crippen molar-refractivity contribution in [1.82, 2.24) is 4.90 Å². The fourth-order valence-corrected chi connectivity index (χ4v) is 3.04. The fraction of sp³-hybridized carbons (Fsp3) is 0.941. The molecule has 20 heavy (non-hydrogen) atoms. The average Bonchev–Trinajstić information content (AvgIpc) is 2.75. The fourth-order valence-electron chi connectivity index (χ4n) is 3.04. The predicted octanol–water partition coefficient (Wildman–Crippen LogP) is 3.86. The highest BCUT2D eigenvalue weighted by atomic mass is 16.5. The highest BCUT2D eigenvalue weighted by Gasteiger charge is 2.48. The normalized spacial score (nSPS) is 21.4. The molecule has 0 aromatic carbocycles. The Kier molecular flexibility index (Phi) is 4.95. The van der Waals surface area contributed by atoms with Crippen molar-refractivity contribution in [2.75, 3.05) is 13.7 Å². The Hall–Kier alpha value is -0.570. The number of ether oxygens (including phenoxy) is 1. The molecule has 118 valence electrons. The first kappa shape index (κ1) is 17.5. The second-order valence-corrected chi connectivity index (χ2v) is 8.42. The minimum absolute atomic E-state index is 0.0468. The molecule has 0 aromatic rings. The van der Waals surface area contributed by atoms with Crippen molar-refractivity contribution >= 4 is 5.91 Å². The van der Waals surface area contributed by atoms with Crippen molar-refractivity contribution in [2.45, 2.75) is 79.4 Å². The van der Waals surface area contributed by atoms with Gasteiger partial charge in [-0.2, -0.15) is 0 Å². The van der Waals surface area contributed by atoms with Gasteiger partial charge in [0.2, 0.25) is 5.91 Å². The molecular weight excluding hydrogens is 250 g/mol. The molecule has 1 heterocycles. The molecule has 1 aliphatic heterocycles. The Bertz CT molecular complexity index is 352. The standard InChI is InChI=1S/C17H33NO2/c1-15(2,3)12-14(19)18-11-9-10-13(18)16(4,5)17(6,7)20-8/h13H,9-12H2,1-8H3. The summed E-state index contributed by atoms with van der Waals surface area (Å²) in [4.78, 5) is 14.7. The quantitative estimate of drug-likeness (QED) is 0.784. The van der Waals surface area contributed by atoms with Gasteiger partial charge < -0.3 is 9.64 Å². The molecule has 1 aliphatic rings. The van der Waals surface area contributed by atoms with Gasteiger partial charge in [0.15, 0.2) is 0 Å². The first-order chi connectivity index (χ1) is 8.92. The summed E-state index contributed by atoms with van der Waals surface area (Å²) < 4.78 is 5.71. The van der Waals surface area contributed by atoms with E-state index < -0.39 is 0 Å². The van der Waals surface area contributed by atoms with Gasteiger partial charge in [-0.1, -0.05) is 34.6 Å². The SMILES string of the molecule is COC(C)(C)C(C)(C)C1CCCN1C(=O)CC(C)(C)C. The van der Waals surface area contributed by atoms with E-state index in [2.05, 4.69) is 53.4 Å². The maximum absolute atomic E-state index is 12.6. The molecule has 3 heteroatoms. The monoisotopic (exact) mass is 283 g/mol. The average molecular weight is 283 g/mol. The first-order valence-electron chi connectivity index (χ1n) is 7.77. The number of hydrogen-bond donors (Lipinski definition) is 0. The van der Waals surface area contributed by atoms with Gasteiger partial charge in [-0.05, 0) is 32.1 Å². The molecule has 0 N–H and O–H groups in total. The highest BCUT2D eigenvalue weighted by Crippen LogP contribution is 2.43. The highest BCUT2D eigenvalue weighted by molar-refractivity contribution is 5.77. The van der Waals surface area contributed by atoms with Gasteiger partial charge in [0.1, 0.15) is 0 Å². The van der Waals surface area contributed by atoms with Crippen LogP contribution >= 0.6 is 0 Å². The number of likely N-dealkylation sites (tertiary alicyclic amines) is 1. The van der Waals surface area contributed by atoms with E-state index >= 15 is 0 Å². The number of rotatable bonds is 4. The molecule has 1 atom stereocenters. The molecule has 1 rings (SSSR count). The van der Waals surface area contributed by atoms with E-state index in [1.165, 1.54) is 0 Å². The lowest BCUT2D eigenvalue weighted by atomic mass is 9.70. The topological polar surface area (TPSA) is 29.5 Å². The third-order valence-corrected chi connectivity index (χ3v) is 5.15. The van der Waals surface area contributed by atoms with Crippen LogP contribution in [-0.2, 0) is 9.53 Å². The van der Waals surface area contributed by atoms with Crippen LogP contribution in [-0.4, -0.2) is 36.1 Å². The summed E-state index contributed by atoms with van der Waals surface area (Å²) in [5, 5.41) is 0. The minimum Gasteiger partial charge on any atom is -0.378 e. The van der Waals surface area contributed by atoms with E-state index in [0.717, 1.165) is 19.4 Å². The van der Waals surface area contributed by atoms with Gasteiger partial charge in [-0.25, -0.2) is 0 Å². The Labute approximate surface area is 125 Å². The summed E-state index contributed by atoms with van der Waals surface area (Å²) in [6.07, 6.45) is 2.80. The third-order valence-electron chi connectivity index (χ3n) is 5.15. The predicted molar refractivity (Wildman–Crippen MR) is 83.7 cm³/mol. The molecule has 3 nitrogen and oxygen atoms in total. The molecule has 0 spiro atoms. The van der Waals surface area contributed by atoms with Crippen LogP contribution in [0, 0.1) is 10.8 Å².